The van der Waals surface area contributed by atoms with E-state index in [0.29, 0.717) is 0 Å². The normalized spacial score (nSPS) is 10.8. The number of benzene rings is 2. The van der Waals surface area contributed by atoms with Crippen LogP contribution in [0.25, 0.3) is 10.9 Å². The van der Waals surface area contributed by atoms with Crippen LogP contribution in [0.3, 0.4) is 0 Å². The summed E-state index contributed by atoms with van der Waals surface area (Å²) < 4.78 is 5.27. The molecule has 6 heteroatoms. The molecule has 0 bridgehead atoms. The Bertz CT molecular complexity index is 1080. The number of H-pyrrole nitrogens is 1. The minimum Gasteiger partial charge on any atom is -0.497 e. The first-order valence-corrected chi connectivity index (χ1v) is 9.79. The maximum atomic E-state index is 5.27. The van der Waals surface area contributed by atoms with Gasteiger partial charge in [0.1, 0.15) is 23.7 Å². The summed E-state index contributed by atoms with van der Waals surface area (Å²) in [6, 6.07) is 18.4. The molecule has 0 aliphatic heterocycles. The summed E-state index contributed by atoms with van der Waals surface area (Å²) in [4.78, 5) is 12.0. The van der Waals surface area contributed by atoms with Crippen LogP contribution >= 0.6 is 0 Å². The number of aromatic nitrogens is 3. The van der Waals surface area contributed by atoms with Crippen LogP contribution in [0.1, 0.15) is 11.1 Å². The zero-order chi connectivity index (χ0) is 19.9. The molecule has 0 aliphatic rings. The summed E-state index contributed by atoms with van der Waals surface area (Å²) in [7, 11) is 1.69. The SMILES string of the molecule is COc1cccc(CCNc2cc(NCCc3c[nH]c4ccccc34)ncn2)c1. The summed E-state index contributed by atoms with van der Waals surface area (Å²) in [5.41, 5.74) is 3.70. The van der Waals surface area contributed by atoms with Crippen LogP contribution in [0.4, 0.5) is 11.6 Å². The van der Waals surface area contributed by atoms with E-state index in [-0.39, 0.29) is 0 Å². The van der Waals surface area contributed by atoms with Crippen LogP contribution in [-0.2, 0) is 12.8 Å². The lowest BCUT2D eigenvalue weighted by atomic mass is 10.1. The van der Waals surface area contributed by atoms with Gasteiger partial charge in [-0.1, -0.05) is 30.3 Å². The topological polar surface area (TPSA) is 74.9 Å². The van der Waals surface area contributed by atoms with E-state index in [1.54, 1.807) is 13.4 Å². The second-order valence-electron chi connectivity index (χ2n) is 6.85. The van der Waals surface area contributed by atoms with Crippen molar-refractivity contribution in [2.75, 3.05) is 30.8 Å². The molecule has 0 aliphatic carbocycles. The van der Waals surface area contributed by atoms with E-state index in [1.165, 1.54) is 22.0 Å². The molecule has 0 saturated carbocycles. The first-order valence-electron chi connectivity index (χ1n) is 9.79. The Hall–Kier alpha value is -3.54. The molecule has 0 spiro atoms. The van der Waals surface area contributed by atoms with Gasteiger partial charge in [0, 0.05) is 36.3 Å². The third kappa shape index (κ3) is 4.85. The number of anilines is 2. The van der Waals surface area contributed by atoms with Gasteiger partial charge in [-0.05, 0) is 42.2 Å². The Balaban J connectivity index is 1.28. The molecule has 0 atom stereocenters. The van der Waals surface area contributed by atoms with Gasteiger partial charge in [0.05, 0.1) is 7.11 Å². The van der Waals surface area contributed by atoms with Crippen LogP contribution in [0.5, 0.6) is 5.75 Å². The van der Waals surface area contributed by atoms with Crippen LogP contribution in [0.15, 0.2) is 67.1 Å². The second kappa shape index (κ2) is 9.10. The van der Waals surface area contributed by atoms with Crippen molar-refractivity contribution in [2.24, 2.45) is 0 Å². The number of nitrogens with zero attached hydrogens (tertiary/aromatic N) is 2. The number of para-hydroxylation sites is 1. The largest absolute Gasteiger partial charge is 0.497 e. The van der Waals surface area contributed by atoms with Gasteiger partial charge in [-0.25, -0.2) is 9.97 Å². The molecule has 0 unspecified atom stereocenters. The average Bonchev–Trinajstić information content (AvgIpc) is 3.17. The zero-order valence-corrected chi connectivity index (χ0v) is 16.5. The maximum Gasteiger partial charge on any atom is 0.131 e. The lowest BCUT2D eigenvalue weighted by Gasteiger charge is -2.09. The highest BCUT2D eigenvalue weighted by Crippen LogP contribution is 2.18. The molecule has 0 radical (unpaired) electrons. The molecule has 2 aromatic carbocycles. The number of rotatable bonds is 9. The number of aromatic amines is 1. The summed E-state index contributed by atoms with van der Waals surface area (Å²) in [6.45, 7) is 1.60. The number of nitrogens with one attached hydrogen (secondary N) is 3. The van der Waals surface area contributed by atoms with Crippen molar-refractivity contribution in [3.8, 4) is 5.75 Å². The smallest absolute Gasteiger partial charge is 0.131 e. The molecule has 148 valence electrons. The van der Waals surface area contributed by atoms with Crippen molar-refractivity contribution >= 4 is 22.5 Å². The van der Waals surface area contributed by atoms with Gasteiger partial charge in [-0.2, -0.15) is 0 Å². The van der Waals surface area contributed by atoms with Gasteiger partial charge in [0.25, 0.3) is 0 Å². The minimum atomic E-state index is 0.791. The molecule has 2 aromatic heterocycles. The Labute approximate surface area is 170 Å². The fourth-order valence-electron chi connectivity index (χ4n) is 3.38. The van der Waals surface area contributed by atoms with Crippen LogP contribution in [0.2, 0.25) is 0 Å². The van der Waals surface area contributed by atoms with Crippen molar-refractivity contribution in [2.45, 2.75) is 12.8 Å². The highest BCUT2D eigenvalue weighted by atomic mass is 16.5. The fourth-order valence-corrected chi connectivity index (χ4v) is 3.38. The van der Waals surface area contributed by atoms with Crippen molar-refractivity contribution < 1.29 is 4.74 Å². The standard InChI is InChI=1S/C23H25N5O/c1-29-19-6-4-5-17(13-19)9-11-24-22-14-23(28-16-27-22)25-12-10-18-15-26-21-8-3-2-7-20(18)21/h2-8,13-16,26H,9-12H2,1H3,(H2,24,25,27,28). The Morgan fingerprint density at radius 1 is 0.897 bits per heavy atom. The summed E-state index contributed by atoms with van der Waals surface area (Å²) in [5.74, 6) is 2.52. The Morgan fingerprint density at radius 2 is 1.69 bits per heavy atom. The molecule has 3 N–H and O–H groups in total. The highest BCUT2D eigenvalue weighted by Gasteiger charge is 2.04. The molecule has 2 heterocycles. The number of fused-ring (bicyclic) bond motifs is 1. The first kappa shape index (κ1) is 18.8. The number of ether oxygens (including phenoxy) is 1. The lowest BCUT2D eigenvalue weighted by molar-refractivity contribution is 0.414. The van der Waals surface area contributed by atoms with Gasteiger partial charge in [0.2, 0.25) is 0 Å². The molecular weight excluding hydrogens is 362 g/mol. The fraction of sp³-hybridized carbons (Fsp3) is 0.217. The predicted molar refractivity (Wildman–Crippen MR) is 118 cm³/mol. The third-order valence-electron chi connectivity index (χ3n) is 4.90. The van der Waals surface area contributed by atoms with E-state index in [0.717, 1.165) is 43.3 Å². The van der Waals surface area contributed by atoms with Crippen molar-refractivity contribution in [1.29, 1.82) is 0 Å². The van der Waals surface area contributed by atoms with Crippen LogP contribution in [0, 0.1) is 0 Å². The van der Waals surface area contributed by atoms with Gasteiger partial charge in [-0.15, -0.1) is 0 Å². The molecule has 0 fully saturated rings. The van der Waals surface area contributed by atoms with Crippen molar-refractivity contribution in [3.63, 3.8) is 0 Å². The van der Waals surface area contributed by atoms with E-state index in [4.69, 9.17) is 4.74 Å². The average molecular weight is 387 g/mol. The maximum absolute atomic E-state index is 5.27. The van der Waals surface area contributed by atoms with Crippen LogP contribution < -0.4 is 15.4 Å². The van der Waals surface area contributed by atoms with Crippen LogP contribution in [-0.4, -0.2) is 35.2 Å². The first-order chi connectivity index (χ1) is 14.3. The van der Waals surface area contributed by atoms with Gasteiger partial charge in [-0.3, -0.25) is 0 Å². The molecule has 29 heavy (non-hydrogen) atoms. The van der Waals surface area contributed by atoms with Gasteiger partial charge in [0.15, 0.2) is 0 Å². The monoisotopic (exact) mass is 387 g/mol. The molecule has 4 rings (SSSR count). The quantitative estimate of drug-likeness (QED) is 0.400. The van der Waals surface area contributed by atoms with E-state index in [2.05, 4.69) is 62.1 Å². The predicted octanol–water partition coefficient (Wildman–Crippen LogP) is 4.28. The molecule has 0 saturated heterocycles. The number of hydrogen-bond donors (Lipinski definition) is 3. The van der Waals surface area contributed by atoms with Gasteiger partial charge >= 0.3 is 0 Å². The lowest BCUT2D eigenvalue weighted by Crippen LogP contribution is -2.09. The van der Waals surface area contributed by atoms with E-state index < -0.39 is 0 Å². The number of hydrogen-bond acceptors (Lipinski definition) is 5. The molecule has 0 amide bonds. The molecular formula is C23H25N5O. The second-order valence-corrected chi connectivity index (χ2v) is 6.85. The van der Waals surface area contributed by atoms with E-state index in [1.807, 2.05) is 24.3 Å². The zero-order valence-electron chi connectivity index (χ0n) is 16.5. The molecule has 4 aromatic rings. The minimum absolute atomic E-state index is 0.791. The highest BCUT2D eigenvalue weighted by molar-refractivity contribution is 5.83. The summed E-state index contributed by atoms with van der Waals surface area (Å²) >= 11 is 0. The van der Waals surface area contributed by atoms with Crippen molar-refractivity contribution in [3.05, 3.63) is 78.2 Å². The van der Waals surface area contributed by atoms with Gasteiger partial charge < -0.3 is 20.4 Å². The van der Waals surface area contributed by atoms with E-state index >= 15 is 0 Å². The third-order valence-corrected chi connectivity index (χ3v) is 4.90. The van der Waals surface area contributed by atoms with E-state index in [9.17, 15) is 0 Å². The summed E-state index contributed by atoms with van der Waals surface area (Å²) in [6.07, 6.45) is 5.48. The molecule has 6 nitrogen and oxygen atoms in total. The Morgan fingerprint density at radius 3 is 2.52 bits per heavy atom. The Kier molecular flexibility index (Phi) is 5.90. The number of methoxy groups -OCH3 is 1. The van der Waals surface area contributed by atoms with Crippen molar-refractivity contribution in [1.82, 2.24) is 15.0 Å². The summed E-state index contributed by atoms with van der Waals surface area (Å²) in [5, 5.41) is 8.03.